The molecule has 0 aliphatic carbocycles. The molecule has 1 heterocycles. The van der Waals surface area contributed by atoms with Crippen LogP contribution in [0.2, 0.25) is 0 Å². The van der Waals surface area contributed by atoms with E-state index in [1.54, 1.807) is 0 Å². The zero-order valence-electron chi connectivity index (χ0n) is 11.3. The largest absolute Gasteiger partial charge is 0.489 e. The number of benzene rings is 1. The van der Waals surface area contributed by atoms with E-state index < -0.39 is 0 Å². The number of nitrogen functional groups attached to an aromatic ring is 1. The molecule has 4 heteroatoms. The monoisotopic (exact) mass is 250 g/mol. The van der Waals surface area contributed by atoms with Crippen molar-refractivity contribution in [2.75, 3.05) is 30.3 Å². The van der Waals surface area contributed by atoms with E-state index in [2.05, 4.69) is 11.8 Å². The molecule has 1 aromatic carbocycles. The molecule has 0 bridgehead atoms. The highest BCUT2D eigenvalue weighted by Crippen LogP contribution is 2.33. The van der Waals surface area contributed by atoms with Crippen LogP contribution in [0, 0.1) is 0 Å². The fourth-order valence-electron chi connectivity index (χ4n) is 2.20. The summed E-state index contributed by atoms with van der Waals surface area (Å²) in [6, 6.07) is 5.95. The molecule has 2 rings (SSSR count). The summed E-state index contributed by atoms with van der Waals surface area (Å²) in [6.45, 7) is 8.58. The molecule has 1 saturated heterocycles. The van der Waals surface area contributed by atoms with Crippen LogP contribution in [0.1, 0.15) is 20.8 Å². The normalized spacial score (nSPS) is 20.2. The molecule has 1 unspecified atom stereocenters. The van der Waals surface area contributed by atoms with Crippen LogP contribution in [0.5, 0.6) is 5.75 Å². The number of morpholine rings is 1. The molecule has 4 nitrogen and oxygen atoms in total. The van der Waals surface area contributed by atoms with Gasteiger partial charge in [0.05, 0.1) is 30.2 Å². The Hall–Kier alpha value is -1.42. The third-order valence-electron chi connectivity index (χ3n) is 2.99. The van der Waals surface area contributed by atoms with Gasteiger partial charge in [0.15, 0.2) is 0 Å². The molecule has 0 spiro atoms. The van der Waals surface area contributed by atoms with Gasteiger partial charge in [-0.05, 0) is 32.9 Å². The number of para-hydroxylation sites is 1. The highest BCUT2D eigenvalue weighted by atomic mass is 16.5. The van der Waals surface area contributed by atoms with Gasteiger partial charge >= 0.3 is 0 Å². The maximum atomic E-state index is 6.20. The Balaban J connectivity index is 2.22. The minimum absolute atomic E-state index is 0.131. The predicted octanol–water partition coefficient (Wildman–Crippen LogP) is 2.28. The fraction of sp³-hybridized carbons (Fsp3) is 0.571. The summed E-state index contributed by atoms with van der Waals surface area (Å²) in [5, 5.41) is 0. The van der Waals surface area contributed by atoms with E-state index in [9.17, 15) is 0 Å². The van der Waals surface area contributed by atoms with Gasteiger partial charge in [-0.25, -0.2) is 0 Å². The molecule has 0 radical (unpaired) electrons. The maximum absolute atomic E-state index is 6.20. The molecule has 2 N–H and O–H groups in total. The lowest BCUT2D eigenvalue weighted by atomic mass is 10.2. The quantitative estimate of drug-likeness (QED) is 0.836. The summed E-state index contributed by atoms with van der Waals surface area (Å²) in [5.74, 6) is 0.765. The van der Waals surface area contributed by atoms with E-state index in [0.29, 0.717) is 0 Å². The Kier molecular flexibility index (Phi) is 3.97. The lowest BCUT2D eigenvalue weighted by Crippen LogP contribution is -2.41. The van der Waals surface area contributed by atoms with Crippen molar-refractivity contribution in [1.82, 2.24) is 0 Å². The van der Waals surface area contributed by atoms with E-state index in [1.165, 1.54) is 0 Å². The minimum Gasteiger partial charge on any atom is -0.489 e. The Morgan fingerprint density at radius 2 is 2.22 bits per heavy atom. The average molecular weight is 250 g/mol. The van der Waals surface area contributed by atoms with Crippen LogP contribution in [0.4, 0.5) is 11.4 Å². The first-order valence-electron chi connectivity index (χ1n) is 6.49. The maximum Gasteiger partial charge on any atom is 0.144 e. The van der Waals surface area contributed by atoms with Crippen molar-refractivity contribution in [1.29, 1.82) is 0 Å². The summed E-state index contributed by atoms with van der Waals surface area (Å²) >= 11 is 0. The summed E-state index contributed by atoms with van der Waals surface area (Å²) < 4.78 is 11.3. The SMILES string of the molecule is CC(C)Oc1cccc(N2CCOC(C)C2)c1N. The van der Waals surface area contributed by atoms with Crippen LogP contribution in [0.25, 0.3) is 0 Å². The molecular formula is C14H22N2O2. The van der Waals surface area contributed by atoms with Crippen molar-refractivity contribution in [2.45, 2.75) is 33.0 Å². The van der Waals surface area contributed by atoms with Gasteiger partial charge in [0.1, 0.15) is 5.75 Å². The van der Waals surface area contributed by atoms with Crippen LogP contribution in [-0.4, -0.2) is 31.9 Å². The van der Waals surface area contributed by atoms with Gasteiger partial charge in [-0.3, -0.25) is 0 Å². The first kappa shape index (κ1) is 13.0. The van der Waals surface area contributed by atoms with Crippen molar-refractivity contribution in [3.05, 3.63) is 18.2 Å². The summed E-state index contributed by atoms with van der Waals surface area (Å²) in [5.41, 5.74) is 7.97. The Morgan fingerprint density at radius 3 is 2.89 bits per heavy atom. The molecule has 0 saturated carbocycles. The number of hydrogen-bond donors (Lipinski definition) is 1. The molecule has 0 aromatic heterocycles. The van der Waals surface area contributed by atoms with Crippen LogP contribution < -0.4 is 15.4 Å². The van der Waals surface area contributed by atoms with Crippen molar-refractivity contribution in [2.24, 2.45) is 0 Å². The minimum atomic E-state index is 0.131. The topological polar surface area (TPSA) is 47.7 Å². The molecule has 1 aromatic rings. The number of rotatable bonds is 3. The van der Waals surface area contributed by atoms with Gasteiger partial charge in [0.2, 0.25) is 0 Å². The van der Waals surface area contributed by atoms with Crippen LogP contribution in [0.3, 0.4) is 0 Å². The number of ether oxygens (including phenoxy) is 2. The van der Waals surface area contributed by atoms with E-state index in [4.69, 9.17) is 15.2 Å². The average Bonchev–Trinajstić information content (AvgIpc) is 2.31. The smallest absolute Gasteiger partial charge is 0.144 e. The highest BCUT2D eigenvalue weighted by Gasteiger charge is 2.20. The van der Waals surface area contributed by atoms with Gasteiger partial charge in [-0.2, -0.15) is 0 Å². The molecule has 0 amide bonds. The summed E-state index contributed by atoms with van der Waals surface area (Å²) in [6.07, 6.45) is 0.374. The lowest BCUT2D eigenvalue weighted by Gasteiger charge is -2.34. The standard InChI is InChI=1S/C14H22N2O2/c1-10(2)18-13-6-4-5-12(14(13)15)16-7-8-17-11(3)9-16/h4-6,10-11H,7-9,15H2,1-3H3. The van der Waals surface area contributed by atoms with Crippen LogP contribution in [0.15, 0.2) is 18.2 Å². The second-order valence-corrected chi connectivity index (χ2v) is 4.98. The Bertz CT molecular complexity index is 407. The molecular weight excluding hydrogens is 228 g/mol. The molecule has 1 fully saturated rings. The van der Waals surface area contributed by atoms with Gasteiger partial charge in [0, 0.05) is 13.1 Å². The second-order valence-electron chi connectivity index (χ2n) is 4.98. The predicted molar refractivity (Wildman–Crippen MR) is 74.2 cm³/mol. The van der Waals surface area contributed by atoms with Crippen LogP contribution >= 0.6 is 0 Å². The molecule has 18 heavy (non-hydrogen) atoms. The van der Waals surface area contributed by atoms with E-state index >= 15 is 0 Å². The third kappa shape index (κ3) is 2.88. The number of nitrogens with zero attached hydrogens (tertiary/aromatic N) is 1. The summed E-state index contributed by atoms with van der Waals surface area (Å²) in [4.78, 5) is 2.26. The fourth-order valence-corrected chi connectivity index (χ4v) is 2.20. The first-order chi connectivity index (χ1) is 8.58. The van der Waals surface area contributed by atoms with Crippen molar-refractivity contribution in [3.8, 4) is 5.75 Å². The van der Waals surface area contributed by atoms with Gasteiger partial charge < -0.3 is 20.1 Å². The molecule has 1 atom stereocenters. The van der Waals surface area contributed by atoms with Crippen molar-refractivity contribution >= 4 is 11.4 Å². The first-order valence-corrected chi connectivity index (χ1v) is 6.49. The zero-order valence-corrected chi connectivity index (χ0v) is 11.3. The summed E-state index contributed by atoms with van der Waals surface area (Å²) in [7, 11) is 0. The third-order valence-corrected chi connectivity index (χ3v) is 2.99. The number of anilines is 2. The zero-order chi connectivity index (χ0) is 13.1. The van der Waals surface area contributed by atoms with E-state index in [-0.39, 0.29) is 12.2 Å². The second kappa shape index (κ2) is 5.48. The van der Waals surface area contributed by atoms with Gasteiger partial charge in [0.25, 0.3) is 0 Å². The van der Waals surface area contributed by atoms with Gasteiger partial charge in [-0.1, -0.05) is 6.07 Å². The van der Waals surface area contributed by atoms with Crippen LogP contribution in [-0.2, 0) is 4.74 Å². The molecule has 100 valence electrons. The van der Waals surface area contributed by atoms with Crippen molar-refractivity contribution < 1.29 is 9.47 Å². The Labute approximate surface area is 109 Å². The van der Waals surface area contributed by atoms with E-state index in [0.717, 1.165) is 36.8 Å². The van der Waals surface area contributed by atoms with Gasteiger partial charge in [-0.15, -0.1) is 0 Å². The van der Waals surface area contributed by atoms with E-state index in [1.807, 2.05) is 32.0 Å². The number of hydrogen-bond acceptors (Lipinski definition) is 4. The molecule has 1 aliphatic heterocycles. The Morgan fingerprint density at radius 1 is 1.44 bits per heavy atom. The number of nitrogens with two attached hydrogens (primary N) is 1. The molecule has 1 aliphatic rings. The van der Waals surface area contributed by atoms with Crippen molar-refractivity contribution in [3.63, 3.8) is 0 Å². The highest BCUT2D eigenvalue weighted by molar-refractivity contribution is 5.74. The lowest BCUT2D eigenvalue weighted by molar-refractivity contribution is 0.0532.